The van der Waals surface area contributed by atoms with E-state index in [2.05, 4.69) is 15.5 Å². The minimum Gasteiger partial charge on any atom is -0.467 e. The zero-order valence-electron chi connectivity index (χ0n) is 13.5. The zero-order valence-corrected chi connectivity index (χ0v) is 14.3. The monoisotopic (exact) mass is 342 g/mol. The van der Waals surface area contributed by atoms with Gasteiger partial charge in [-0.1, -0.05) is 42.1 Å². The minimum atomic E-state index is -0.286. The maximum Gasteiger partial charge on any atom is 0.233 e. The molecular formula is C17H18N4O2S. The van der Waals surface area contributed by atoms with Crippen LogP contribution < -0.4 is 5.32 Å². The molecule has 0 aliphatic carbocycles. The summed E-state index contributed by atoms with van der Waals surface area (Å²) in [5, 5.41) is 11.7. The third kappa shape index (κ3) is 3.68. The number of hydrogen-bond donors (Lipinski definition) is 1. The van der Waals surface area contributed by atoms with Crippen LogP contribution >= 0.6 is 11.8 Å². The Morgan fingerprint density at radius 1 is 1.25 bits per heavy atom. The molecule has 0 saturated heterocycles. The van der Waals surface area contributed by atoms with Crippen LogP contribution in [0.15, 0.2) is 58.3 Å². The van der Waals surface area contributed by atoms with E-state index in [-0.39, 0.29) is 11.2 Å². The minimum absolute atomic E-state index is 0.0688. The van der Waals surface area contributed by atoms with E-state index in [0.717, 1.165) is 17.1 Å². The Kier molecular flexibility index (Phi) is 5.00. The van der Waals surface area contributed by atoms with Crippen molar-refractivity contribution < 1.29 is 9.21 Å². The van der Waals surface area contributed by atoms with Crippen LogP contribution in [-0.2, 0) is 18.4 Å². The molecule has 0 aliphatic rings. The summed E-state index contributed by atoms with van der Waals surface area (Å²) in [5.41, 5.74) is 0.995. The summed E-state index contributed by atoms with van der Waals surface area (Å²) in [6.45, 7) is 2.23. The fourth-order valence-electron chi connectivity index (χ4n) is 2.20. The van der Waals surface area contributed by atoms with E-state index >= 15 is 0 Å². The summed E-state index contributed by atoms with van der Waals surface area (Å²) >= 11 is 1.38. The van der Waals surface area contributed by atoms with Crippen molar-refractivity contribution in [3.05, 3.63) is 54.5 Å². The molecule has 7 heteroatoms. The highest BCUT2D eigenvalue weighted by molar-refractivity contribution is 8.00. The first-order chi connectivity index (χ1) is 11.6. The second-order valence-electron chi connectivity index (χ2n) is 5.29. The van der Waals surface area contributed by atoms with Gasteiger partial charge in [-0.05, 0) is 19.1 Å². The first-order valence-corrected chi connectivity index (χ1v) is 8.44. The van der Waals surface area contributed by atoms with Gasteiger partial charge < -0.3 is 14.3 Å². The van der Waals surface area contributed by atoms with Crippen LogP contribution in [-0.4, -0.2) is 25.9 Å². The standard InChI is InChI=1S/C17H18N4O2S/c1-12(16(22)18-11-14-9-6-10-23-14)24-17-20-19-15(21(17)2)13-7-4-3-5-8-13/h3-10,12H,11H2,1-2H3,(H,18,22)/t12-/m0/s1. The Labute approximate surface area is 144 Å². The van der Waals surface area contributed by atoms with Crippen molar-refractivity contribution in [3.63, 3.8) is 0 Å². The van der Waals surface area contributed by atoms with Crippen LogP contribution in [0.5, 0.6) is 0 Å². The average molecular weight is 342 g/mol. The number of rotatable bonds is 6. The molecular weight excluding hydrogens is 324 g/mol. The number of carbonyl (C=O) groups excluding carboxylic acids is 1. The number of carbonyl (C=O) groups is 1. The molecule has 0 fully saturated rings. The van der Waals surface area contributed by atoms with Gasteiger partial charge in [0.25, 0.3) is 0 Å². The summed E-state index contributed by atoms with van der Waals surface area (Å²) in [4.78, 5) is 12.2. The number of hydrogen-bond acceptors (Lipinski definition) is 5. The molecule has 3 rings (SSSR count). The van der Waals surface area contributed by atoms with Gasteiger partial charge in [0.2, 0.25) is 5.91 Å². The number of benzene rings is 1. The quantitative estimate of drug-likeness (QED) is 0.697. The van der Waals surface area contributed by atoms with Crippen molar-refractivity contribution >= 4 is 17.7 Å². The lowest BCUT2D eigenvalue weighted by atomic mass is 10.2. The van der Waals surface area contributed by atoms with Gasteiger partial charge in [-0.15, -0.1) is 10.2 Å². The van der Waals surface area contributed by atoms with E-state index in [1.807, 2.05) is 54.9 Å². The van der Waals surface area contributed by atoms with E-state index < -0.39 is 0 Å². The highest BCUT2D eigenvalue weighted by atomic mass is 32.2. The summed E-state index contributed by atoms with van der Waals surface area (Å²) < 4.78 is 7.10. The third-order valence-corrected chi connectivity index (χ3v) is 4.67. The van der Waals surface area contributed by atoms with Gasteiger partial charge in [0.15, 0.2) is 11.0 Å². The van der Waals surface area contributed by atoms with Gasteiger partial charge in [-0.3, -0.25) is 4.79 Å². The molecule has 0 bridgehead atoms. The van der Waals surface area contributed by atoms with E-state index in [1.165, 1.54) is 11.8 Å². The van der Waals surface area contributed by atoms with Crippen LogP contribution in [0.1, 0.15) is 12.7 Å². The van der Waals surface area contributed by atoms with Gasteiger partial charge in [0, 0.05) is 12.6 Å². The predicted molar refractivity (Wildman–Crippen MR) is 92.3 cm³/mol. The summed E-state index contributed by atoms with van der Waals surface area (Å²) in [7, 11) is 1.90. The molecule has 0 unspecified atom stereocenters. The summed E-state index contributed by atoms with van der Waals surface area (Å²) in [6.07, 6.45) is 1.59. The predicted octanol–water partition coefficient (Wildman–Crippen LogP) is 2.87. The SMILES string of the molecule is C[C@H](Sc1nnc(-c2ccccc2)n1C)C(=O)NCc1ccco1. The molecule has 2 heterocycles. The molecule has 24 heavy (non-hydrogen) atoms. The molecule has 1 amide bonds. The molecule has 1 N–H and O–H groups in total. The fourth-order valence-corrected chi connectivity index (χ4v) is 3.04. The van der Waals surface area contributed by atoms with Crippen molar-refractivity contribution in [1.29, 1.82) is 0 Å². The molecule has 6 nitrogen and oxygen atoms in total. The Balaban J connectivity index is 1.63. The molecule has 0 spiro atoms. The van der Waals surface area contributed by atoms with Crippen molar-refractivity contribution in [2.75, 3.05) is 0 Å². The number of thioether (sulfide) groups is 1. The summed E-state index contributed by atoms with van der Waals surface area (Å²) in [5.74, 6) is 1.44. The Morgan fingerprint density at radius 2 is 2.04 bits per heavy atom. The van der Waals surface area contributed by atoms with Crippen molar-refractivity contribution in [2.24, 2.45) is 7.05 Å². The smallest absolute Gasteiger partial charge is 0.233 e. The molecule has 0 radical (unpaired) electrons. The Morgan fingerprint density at radius 3 is 2.75 bits per heavy atom. The number of aromatic nitrogens is 3. The maximum absolute atomic E-state index is 12.2. The molecule has 2 aromatic heterocycles. The molecule has 1 atom stereocenters. The molecule has 3 aromatic rings. The first kappa shape index (κ1) is 16.3. The van der Waals surface area contributed by atoms with E-state index in [4.69, 9.17) is 4.42 Å². The summed E-state index contributed by atoms with van der Waals surface area (Å²) in [6, 6.07) is 13.5. The molecule has 1 aromatic carbocycles. The van der Waals surface area contributed by atoms with E-state index in [1.54, 1.807) is 12.3 Å². The Hall–Kier alpha value is -2.54. The normalized spacial score (nSPS) is 12.1. The van der Waals surface area contributed by atoms with Crippen LogP contribution in [0.25, 0.3) is 11.4 Å². The largest absolute Gasteiger partial charge is 0.467 e. The van der Waals surface area contributed by atoms with Gasteiger partial charge in [-0.25, -0.2) is 0 Å². The first-order valence-electron chi connectivity index (χ1n) is 7.56. The Bertz CT molecular complexity index is 799. The van der Waals surface area contributed by atoms with Gasteiger partial charge in [0.05, 0.1) is 18.1 Å². The number of furan rings is 1. The van der Waals surface area contributed by atoms with E-state index in [9.17, 15) is 4.79 Å². The van der Waals surface area contributed by atoms with Crippen LogP contribution in [0.2, 0.25) is 0 Å². The second kappa shape index (κ2) is 7.35. The lowest BCUT2D eigenvalue weighted by Crippen LogP contribution is -2.30. The van der Waals surface area contributed by atoms with Gasteiger partial charge in [0.1, 0.15) is 5.76 Å². The average Bonchev–Trinajstić information content (AvgIpc) is 3.24. The van der Waals surface area contributed by atoms with Crippen molar-refractivity contribution in [1.82, 2.24) is 20.1 Å². The van der Waals surface area contributed by atoms with E-state index in [0.29, 0.717) is 11.7 Å². The van der Waals surface area contributed by atoms with Crippen LogP contribution in [0.4, 0.5) is 0 Å². The lowest BCUT2D eigenvalue weighted by molar-refractivity contribution is -0.120. The topological polar surface area (TPSA) is 73.0 Å². The lowest BCUT2D eigenvalue weighted by Gasteiger charge is -2.11. The van der Waals surface area contributed by atoms with Crippen molar-refractivity contribution in [3.8, 4) is 11.4 Å². The molecule has 0 aliphatic heterocycles. The van der Waals surface area contributed by atoms with Gasteiger partial charge >= 0.3 is 0 Å². The number of amides is 1. The second-order valence-corrected chi connectivity index (χ2v) is 6.60. The highest BCUT2D eigenvalue weighted by Crippen LogP contribution is 2.25. The fraction of sp³-hybridized carbons (Fsp3) is 0.235. The van der Waals surface area contributed by atoms with Gasteiger partial charge in [-0.2, -0.15) is 0 Å². The number of nitrogens with zero attached hydrogens (tertiary/aromatic N) is 3. The van der Waals surface area contributed by atoms with Crippen molar-refractivity contribution in [2.45, 2.75) is 23.9 Å². The van der Waals surface area contributed by atoms with Crippen LogP contribution in [0.3, 0.4) is 0 Å². The highest BCUT2D eigenvalue weighted by Gasteiger charge is 2.19. The molecule has 124 valence electrons. The molecule has 0 saturated carbocycles. The van der Waals surface area contributed by atoms with Crippen LogP contribution in [0, 0.1) is 0 Å². The number of nitrogens with one attached hydrogen (secondary N) is 1. The maximum atomic E-state index is 12.2. The zero-order chi connectivity index (χ0) is 16.9. The third-order valence-electron chi connectivity index (χ3n) is 3.54.